The van der Waals surface area contributed by atoms with Gasteiger partial charge in [-0.2, -0.15) is 5.10 Å². The molecule has 3 aromatic rings. The van der Waals surface area contributed by atoms with Crippen molar-refractivity contribution in [1.82, 2.24) is 10.4 Å². The highest BCUT2D eigenvalue weighted by Crippen LogP contribution is 2.32. The smallest absolute Gasteiger partial charge is 0.274 e. The lowest BCUT2D eigenvalue weighted by molar-refractivity contribution is -0.384. The van der Waals surface area contributed by atoms with Gasteiger partial charge < -0.3 is 4.42 Å². The van der Waals surface area contributed by atoms with E-state index in [1.807, 2.05) is 0 Å². The summed E-state index contributed by atoms with van der Waals surface area (Å²) >= 11 is 11.9. The van der Waals surface area contributed by atoms with Crippen LogP contribution in [0.1, 0.15) is 16.1 Å². The van der Waals surface area contributed by atoms with Gasteiger partial charge in [0.05, 0.1) is 21.7 Å². The van der Waals surface area contributed by atoms with Gasteiger partial charge in [0.2, 0.25) is 0 Å². The van der Waals surface area contributed by atoms with Gasteiger partial charge in [0.1, 0.15) is 16.7 Å². The van der Waals surface area contributed by atoms with Gasteiger partial charge in [-0.25, -0.2) is 10.4 Å². The second-order valence-corrected chi connectivity index (χ2v) is 5.93. The van der Waals surface area contributed by atoms with Gasteiger partial charge >= 0.3 is 0 Å². The number of benzene rings is 1. The molecule has 0 atom stereocenters. The van der Waals surface area contributed by atoms with E-state index in [-0.39, 0.29) is 16.4 Å². The zero-order valence-corrected chi connectivity index (χ0v) is 14.9. The lowest BCUT2D eigenvalue weighted by Gasteiger charge is -2.01. The van der Waals surface area contributed by atoms with Crippen LogP contribution < -0.4 is 5.43 Å². The third-order valence-electron chi connectivity index (χ3n) is 3.41. The Kier molecular flexibility index (Phi) is 5.49. The molecule has 0 bridgehead atoms. The average Bonchev–Trinajstić information content (AvgIpc) is 3.10. The lowest BCUT2D eigenvalue weighted by Crippen LogP contribution is -2.18. The zero-order chi connectivity index (χ0) is 19.4. The van der Waals surface area contributed by atoms with Crippen LogP contribution >= 0.6 is 23.2 Å². The average molecular weight is 405 g/mol. The summed E-state index contributed by atoms with van der Waals surface area (Å²) in [6.07, 6.45) is 2.74. The Balaban J connectivity index is 1.74. The van der Waals surface area contributed by atoms with Gasteiger partial charge in [0, 0.05) is 23.9 Å². The number of nitro groups is 1. The molecule has 1 N–H and O–H groups in total. The number of pyridine rings is 1. The minimum atomic E-state index is -0.530. The normalized spacial score (nSPS) is 10.9. The number of hydrogen-bond donors (Lipinski definition) is 1. The molecule has 0 unspecified atom stereocenters. The third-order valence-corrected chi connectivity index (χ3v) is 4.05. The second kappa shape index (κ2) is 7.98. The summed E-state index contributed by atoms with van der Waals surface area (Å²) in [4.78, 5) is 26.2. The predicted molar refractivity (Wildman–Crippen MR) is 100 cm³/mol. The minimum absolute atomic E-state index is 0.0609. The standard InChI is InChI=1S/C17H10Cl2N4O4/c18-14-5-3-10(23(25)26)8-13(14)15-6-4-11(27-15)9-21-22-17(24)12-2-1-7-20-16(12)19/h1-9H,(H,22,24). The zero-order valence-electron chi connectivity index (χ0n) is 13.4. The second-order valence-electron chi connectivity index (χ2n) is 5.16. The molecular weight excluding hydrogens is 395 g/mol. The van der Waals surface area contributed by atoms with E-state index in [4.69, 9.17) is 27.6 Å². The van der Waals surface area contributed by atoms with E-state index in [1.54, 1.807) is 18.2 Å². The largest absolute Gasteiger partial charge is 0.455 e. The van der Waals surface area contributed by atoms with Crippen molar-refractivity contribution >= 4 is 41.0 Å². The third kappa shape index (κ3) is 4.30. The molecule has 0 saturated carbocycles. The number of halogens is 2. The number of carbonyl (C=O) groups is 1. The van der Waals surface area contributed by atoms with Crippen LogP contribution in [-0.4, -0.2) is 22.0 Å². The fourth-order valence-corrected chi connectivity index (χ4v) is 2.57. The molecule has 0 aliphatic carbocycles. The predicted octanol–water partition coefficient (Wildman–Crippen LogP) is 4.32. The molecule has 3 rings (SSSR count). The Morgan fingerprint density at radius 1 is 1.26 bits per heavy atom. The highest BCUT2D eigenvalue weighted by molar-refractivity contribution is 6.33. The van der Waals surface area contributed by atoms with Crippen LogP contribution in [0.3, 0.4) is 0 Å². The van der Waals surface area contributed by atoms with Crippen LogP contribution in [0.25, 0.3) is 11.3 Å². The van der Waals surface area contributed by atoms with E-state index in [0.717, 1.165) is 0 Å². The fraction of sp³-hybridized carbons (Fsp3) is 0. The molecule has 27 heavy (non-hydrogen) atoms. The summed E-state index contributed by atoms with van der Waals surface area (Å²) in [6, 6.07) is 10.3. The molecule has 0 fully saturated rings. The van der Waals surface area contributed by atoms with Gasteiger partial charge in [-0.1, -0.05) is 23.2 Å². The summed E-state index contributed by atoms with van der Waals surface area (Å²) in [5, 5.41) is 15.1. The lowest BCUT2D eigenvalue weighted by atomic mass is 10.1. The fourth-order valence-electron chi connectivity index (χ4n) is 2.15. The first-order valence-corrected chi connectivity index (χ1v) is 8.19. The number of nitrogens with zero attached hydrogens (tertiary/aromatic N) is 3. The van der Waals surface area contributed by atoms with E-state index >= 15 is 0 Å². The number of rotatable bonds is 5. The van der Waals surface area contributed by atoms with Crippen molar-refractivity contribution in [3.63, 3.8) is 0 Å². The van der Waals surface area contributed by atoms with E-state index in [2.05, 4.69) is 15.5 Å². The molecule has 136 valence electrons. The van der Waals surface area contributed by atoms with Crippen molar-refractivity contribution < 1.29 is 14.1 Å². The summed E-state index contributed by atoms with van der Waals surface area (Å²) in [7, 11) is 0. The van der Waals surface area contributed by atoms with Crippen molar-refractivity contribution in [2.75, 3.05) is 0 Å². The van der Waals surface area contributed by atoms with Gasteiger partial charge in [-0.15, -0.1) is 0 Å². The van der Waals surface area contributed by atoms with Crippen LogP contribution in [0.5, 0.6) is 0 Å². The summed E-state index contributed by atoms with van der Waals surface area (Å²) in [5.41, 5.74) is 2.75. The van der Waals surface area contributed by atoms with E-state index in [9.17, 15) is 14.9 Å². The Labute approximate surface area is 162 Å². The molecule has 0 radical (unpaired) electrons. The van der Waals surface area contributed by atoms with Crippen LogP contribution in [0.4, 0.5) is 5.69 Å². The van der Waals surface area contributed by atoms with Crippen molar-refractivity contribution in [3.05, 3.63) is 80.3 Å². The summed E-state index contributed by atoms with van der Waals surface area (Å²) < 4.78 is 5.55. The number of aromatic nitrogens is 1. The molecule has 2 aromatic heterocycles. The molecule has 1 amide bonds. The van der Waals surface area contributed by atoms with Gasteiger partial charge in [0.25, 0.3) is 11.6 Å². The van der Waals surface area contributed by atoms with Crippen LogP contribution in [0, 0.1) is 10.1 Å². The molecule has 0 saturated heterocycles. The first-order chi connectivity index (χ1) is 13.0. The van der Waals surface area contributed by atoms with Crippen molar-refractivity contribution in [2.45, 2.75) is 0 Å². The van der Waals surface area contributed by atoms with Crippen molar-refractivity contribution in [2.24, 2.45) is 5.10 Å². The molecular formula is C17H10Cl2N4O4. The Hall–Kier alpha value is -3.23. The number of furan rings is 1. The highest BCUT2D eigenvalue weighted by atomic mass is 35.5. The molecule has 0 spiro atoms. The molecule has 1 aromatic carbocycles. The monoisotopic (exact) mass is 404 g/mol. The number of amides is 1. The highest BCUT2D eigenvalue weighted by Gasteiger charge is 2.14. The first kappa shape index (κ1) is 18.6. The minimum Gasteiger partial charge on any atom is -0.455 e. The van der Waals surface area contributed by atoms with Crippen LogP contribution in [-0.2, 0) is 0 Å². The number of nitrogens with one attached hydrogen (secondary N) is 1. The van der Waals surface area contributed by atoms with Crippen molar-refractivity contribution in [3.8, 4) is 11.3 Å². The maximum atomic E-state index is 12.0. The molecule has 0 aliphatic rings. The Bertz CT molecular complexity index is 1050. The quantitative estimate of drug-likeness (QED) is 0.294. The van der Waals surface area contributed by atoms with E-state index < -0.39 is 10.8 Å². The van der Waals surface area contributed by atoms with Crippen LogP contribution in [0.15, 0.2) is 58.2 Å². The SMILES string of the molecule is O=C(NN=Cc1ccc(-c2cc([N+](=O)[O-])ccc2Cl)o1)c1cccnc1Cl. The number of carbonyl (C=O) groups excluding carboxylic acids is 1. The van der Waals surface area contributed by atoms with Gasteiger partial charge in [-0.3, -0.25) is 14.9 Å². The topological polar surface area (TPSA) is 111 Å². The summed E-state index contributed by atoms with van der Waals surface area (Å²) in [6.45, 7) is 0. The van der Waals surface area contributed by atoms with Gasteiger partial charge in [-0.05, 0) is 30.3 Å². The van der Waals surface area contributed by atoms with Gasteiger partial charge in [0.15, 0.2) is 0 Å². The van der Waals surface area contributed by atoms with Crippen LogP contribution in [0.2, 0.25) is 10.2 Å². The first-order valence-electron chi connectivity index (χ1n) is 7.44. The molecule has 2 heterocycles. The number of non-ortho nitro benzene ring substituents is 1. The Morgan fingerprint density at radius 3 is 2.81 bits per heavy atom. The Morgan fingerprint density at radius 2 is 2.07 bits per heavy atom. The van der Waals surface area contributed by atoms with E-state index in [1.165, 1.54) is 36.7 Å². The maximum Gasteiger partial charge on any atom is 0.274 e. The van der Waals surface area contributed by atoms with Crippen molar-refractivity contribution in [1.29, 1.82) is 0 Å². The summed E-state index contributed by atoms with van der Waals surface area (Å²) in [5.74, 6) is 0.106. The molecule has 8 nitrogen and oxygen atoms in total. The molecule has 0 aliphatic heterocycles. The number of nitro benzene ring substituents is 1. The van der Waals surface area contributed by atoms with E-state index in [0.29, 0.717) is 22.1 Å². The number of hydrogen-bond acceptors (Lipinski definition) is 6. The molecule has 10 heteroatoms. The maximum absolute atomic E-state index is 12.0. The number of hydrazone groups is 1.